The van der Waals surface area contributed by atoms with Crippen LogP contribution in [-0.2, 0) is 9.59 Å². The van der Waals surface area contributed by atoms with Gasteiger partial charge < -0.3 is 10.2 Å². The Labute approximate surface area is 120 Å². The van der Waals surface area contributed by atoms with Gasteiger partial charge in [0, 0.05) is 24.9 Å². The van der Waals surface area contributed by atoms with Crippen LogP contribution in [0, 0.1) is 11.8 Å². The van der Waals surface area contributed by atoms with Crippen molar-refractivity contribution in [3.63, 3.8) is 0 Å². The summed E-state index contributed by atoms with van der Waals surface area (Å²) in [4.78, 5) is 26.0. The zero-order valence-corrected chi connectivity index (χ0v) is 12.3. The molecule has 19 heavy (non-hydrogen) atoms. The minimum atomic E-state index is -0.177. The van der Waals surface area contributed by atoms with Crippen molar-refractivity contribution in [3.8, 4) is 0 Å². The third-order valence-corrected chi connectivity index (χ3v) is 4.68. The average molecular weight is 284 g/mol. The van der Waals surface area contributed by atoms with Gasteiger partial charge in [-0.1, -0.05) is 12.8 Å². The van der Waals surface area contributed by atoms with Crippen LogP contribution < -0.4 is 5.32 Å². The molecule has 1 amide bonds. The highest BCUT2D eigenvalue weighted by atomic mass is 32.1. The predicted molar refractivity (Wildman–Crippen MR) is 78.1 cm³/mol. The van der Waals surface area contributed by atoms with Crippen molar-refractivity contribution in [1.29, 1.82) is 0 Å². The fourth-order valence-corrected chi connectivity index (χ4v) is 3.52. The van der Waals surface area contributed by atoms with Gasteiger partial charge in [-0.25, -0.2) is 0 Å². The van der Waals surface area contributed by atoms with E-state index in [1.807, 2.05) is 0 Å². The monoisotopic (exact) mass is 284 g/mol. The van der Waals surface area contributed by atoms with E-state index in [0.717, 1.165) is 45.3 Å². The second kappa shape index (κ2) is 7.29. The summed E-state index contributed by atoms with van der Waals surface area (Å²) in [5, 5.41) is 2.87. The summed E-state index contributed by atoms with van der Waals surface area (Å²) in [6.45, 7) is 3.93. The Balaban J connectivity index is 1.75. The second-order valence-electron chi connectivity index (χ2n) is 5.68. The first-order valence-electron chi connectivity index (χ1n) is 7.41. The first-order valence-corrected chi connectivity index (χ1v) is 7.86. The maximum absolute atomic E-state index is 12.2. The van der Waals surface area contributed by atoms with Crippen LogP contribution in [-0.4, -0.2) is 42.1 Å². The van der Waals surface area contributed by atoms with E-state index in [4.69, 9.17) is 0 Å². The minimum Gasteiger partial charge on any atom is -0.355 e. The average Bonchev–Trinajstić information content (AvgIpc) is 2.91. The van der Waals surface area contributed by atoms with Crippen molar-refractivity contribution in [1.82, 2.24) is 10.2 Å². The number of hydrogen-bond acceptors (Lipinski definition) is 3. The van der Waals surface area contributed by atoms with Crippen LogP contribution in [0.5, 0.6) is 0 Å². The molecule has 1 N–H and O–H groups in total. The van der Waals surface area contributed by atoms with Crippen molar-refractivity contribution in [3.05, 3.63) is 0 Å². The number of thiol groups is 1. The molecule has 4 nitrogen and oxygen atoms in total. The van der Waals surface area contributed by atoms with Crippen LogP contribution >= 0.6 is 12.6 Å². The maximum Gasteiger partial charge on any atom is 0.223 e. The van der Waals surface area contributed by atoms with Gasteiger partial charge in [-0.05, 0) is 38.8 Å². The molecule has 5 heteroatoms. The SMILES string of the molecule is O=C(S)C1CCCCC1C(=O)NCCN1CCCC1. The number of nitrogens with one attached hydrogen (secondary N) is 1. The van der Waals surface area contributed by atoms with Gasteiger partial charge in [-0.3, -0.25) is 9.59 Å². The molecule has 2 aliphatic rings. The van der Waals surface area contributed by atoms with E-state index in [9.17, 15) is 9.59 Å². The van der Waals surface area contributed by atoms with Gasteiger partial charge in [-0.2, -0.15) is 0 Å². The smallest absolute Gasteiger partial charge is 0.223 e. The minimum absolute atomic E-state index is 0.0475. The van der Waals surface area contributed by atoms with Gasteiger partial charge in [0.1, 0.15) is 0 Å². The Hall–Kier alpha value is -0.550. The molecule has 2 rings (SSSR count). The van der Waals surface area contributed by atoms with E-state index in [2.05, 4.69) is 22.8 Å². The van der Waals surface area contributed by atoms with Gasteiger partial charge >= 0.3 is 0 Å². The summed E-state index contributed by atoms with van der Waals surface area (Å²) < 4.78 is 0. The van der Waals surface area contributed by atoms with E-state index in [1.54, 1.807) is 0 Å². The number of rotatable bonds is 5. The Kier molecular flexibility index (Phi) is 5.70. The molecule has 2 fully saturated rings. The van der Waals surface area contributed by atoms with Crippen LogP contribution in [0.2, 0.25) is 0 Å². The zero-order chi connectivity index (χ0) is 13.7. The molecule has 2 unspecified atom stereocenters. The van der Waals surface area contributed by atoms with Crippen LogP contribution in [0.15, 0.2) is 0 Å². The summed E-state index contributed by atoms with van der Waals surface area (Å²) in [6, 6.07) is 0. The van der Waals surface area contributed by atoms with E-state index < -0.39 is 0 Å². The maximum atomic E-state index is 12.2. The number of hydrogen-bond donors (Lipinski definition) is 2. The number of nitrogens with zero attached hydrogens (tertiary/aromatic N) is 1. The van der Waals surface area contributed by atoms with E-state index in [0.29, 0.717) is 6.54 Å². The molecule has 1 heterocycles. The molecular formula is C14H24N2O2S. The lowest BCUT2D eigenvalue weighted by molar-refractivity contribution is -0.131. The first kappa shape index (κ1) is 14.9. The lowest BCUT2D eigenvalue weighted by atomic mass is 9.79. The van der Waals surface area contributed by atoms with E-state index in [1.165, 1.54) is 12.8 Å². The number of carbonyl (C=O) groups excluding carboxylic acids is 2. The largest absolute Gasteiger partial charge is 0.355 e. The van der Waals surface area contributed by atoms with Gasteiger partial charge in [0.25, 0.3) is 0 Å². The van der Waals surface area contributed by atoms with Crippen molar-refractivity contribution >= 4 is 23.7 Å². The fraction of sp³-hybridized carbons (Fsp3) is 0.857. The van der Waals surface area contributed by atoms with Crippen LogP contribution in [0.1, 0.15) is 38.5 Å². The second-order valence-corrected chi connectivity index (χ2v) is 6.12. The fourth-order valence-electron chi connectivity index (χ4n) is 3.21. The third kappa shape index (κ3) is 4.21. The lowest BCUT2D eigenvalue weighted by Crippen LogP contribution is -2.41. The van der Waals surface area contributed by atoms with Gasteiger partial charge in [-0.15, -0.1) is 12.6 Å². The molecule has 0 radical (unpaired) electrons. The molecule has 1 aliphatic carbocycles. The Bertz CT molecular complexity index is 329. The molecule has 1 saturated heterocycles. The summed E-state index contributed by atoms with van der Waals surface area (Å²) in [5.74, 6) is -0.285. The topological polar surface area (TPSA) is 49.4 Å². The normalized spacial score (nSPS) is 28.3. The van der Waals surface area contributed by atoms with Crippen LogP contribution in [0.3, 0.4) is 0 Å². The zero-order valence-electron chi connectivity index (χ0n) is 11.4. The van der Waals surface area contributed by atoms with Crippen LogP contribution in [0.25, 0.3) is 0 Å². The van der Waals surface area contributed by atoms with Gasteiger partial charge in [0.15, 0.2) is 5.12 Å². The summed E-state index contributed by atoms with van der Waals surface area (Å²) in [6.07, 6.45) is 6.26. The highest BCUT2D eigenvalue weighted by Gasteiger charge is 2.34. The summed E-state index contributed by atoms with van der Waals surface area (Å²) >= 11 is 3.93. The van der Waals surface area contributed by atoms with E-state index >= 15 is 0 Å². The molecule has 0 spiro atoms. The highest BCUT2D eigenvalue weighted by molar-refractivity contribution is 7.96. The third-order valence-electron chi connectivity index (χ3n) is 4.35. The molecule has 2 atom stereocenters. The quantitative estimate of drug-likeness (QED) is 0.752. The Morgan fingerprint density at radius 3 is 2.32 bits per heavy atom. The Morgan fingerprint density at radius 1 is 1.05 bits per heavy atom. The van der Waals surface area contributed by atoms with Crippen LogP contribution in [0.4, 0.5) is 0 Å². The number of amides is 1. The lowest BCUT2D eigenvalue weighted by Gasteiger charge is -2.28. The van der Waals surface area contributed by atoms with Crippen molar-refractivity contribution in [2.45, 2.75) is 38.5 Å². The summed E-state index contributed by atoms with van der Waals surface area (Å²) in [7, 11) is 0. The molecule has 0 bridgehead atoms. The van der Waals surface area contributed by atoms with E-state index in [-0.39, 0.29) is 22.9 Å². The molecule has 0 aromatic carbocycles. The highest BCUT2D eigenvalue weighted by Crippen LogP contribution is 2.31. The number of carbonyl (C=O) groups is 2. The molecule has 1 aliphatic heterocycles. The standard InChI is InChI=1S/C14H24N2O2S/c17-13(15-7-10-16-8-3-4-9-16)11-5-1-2-6-12(11)14(18)19/h11-12H,1-10H2,(H,15,17)(H,18,19). The summed E-state index contributed by atoms with van der Waals surface area (Å²) in [5.41, 5.74) is 0. The first-order chi connectivity index (χ1) is 9.18. The molecular weight excluding hydrogens is 260 g/mol. The van der Waals surface area contributed by atoms with Gasteiger partial charge in [0.05, 0.1) is 0 Å². The van der Waals surface area contributed by atoms with Crippen molar-refractivity contribution in [2.24, 2.45) is 11.8 Å². The van der Waals surface area contributed by atoms with Crippen molar-refractivity contribution < 1.29 is 9.59 Å². The molecule has 0 aromatic rings. The molecule has 1 saturated carbocycles. The Morgan fingerprint density at radius 2 is 1.68 bits per heavy atom. The predicted octanol–water partition coefficient (Wildman–Crippen LogP) is 1.46. The molecule has 108 valence electrons. The number of likely N-dealkylation sites (tertiary alicyclic amines) is 1. The molecule has 0 aromatic heterocycles. The van der Waals surface area contributed by atoms with Crippen molar-refractivity contribution in [2.75, 3.05) is 26.2 Å². The van der Waals surface area contributed by atoms with Gasteiger partial charge in [0.2, 0.25) is 5.91 Å².